The molecule has 0 unspecified atom stereocenters. The molecule has 0 saturated carbocycles. The highest BCUT2D eigenvalue weighted by molar-refractivity contribution is 6.33. The van der Waals surface area contributed by atoms with Crippen LogP contribution in [0, 0.1) is 12.0 Å². The Balaban J connectivity index is 2.53. The molecule has 1 aromatic carbocycles. The zero-order valence-corrected chi connectivity index (χ0v) is 7.79. The molecule has 14 heavy (non-hydrogen) atoms. The van der Waals surface area contributed by atoms with Crippen LogP contribution in [0.25, 0.3) is 11.3 Å². The largest absolute Gasteiger partial charge is 0.252 e. The molecule has 0 fully saturated rings. The minimum atomic E-state index is -0.373. The molecule has 0 aliphatic rings. The first kappa shape index (κ1) is 9.09. The van der Waals surface area contributed by atoms with Crippen molar-refractivity contribution in [1.29, 1.82) is 0 Å². The van der Waals surface area contributed by atoms with Crippen LogP contribution in [0.3, 0.4) is 0 Å². The zero-order chi connectivity index (χ0) is 9.97. The quantitative estimate of drug-likeness (QED) is 0.719. The summed E-state index contributed by atoms with van der Waals surface area (Å²) in [6.45, 7) is 0. The number of aromatic nitrogens is 2. The molecule has 1 aromatic heterocycles. The van der Waals surface area contributed by atoms with Crippen molar-refractivity contribution in [3.05, 3.63) is 47.6 Å². The van der Waals surface area contributed by atoms with E-state index in [-0.39, 0.29) is 5.82 Å². The lowest BCUT2D eigenvalue weighted by Gasteiger charge is -2.01. The summed E-state index contributed by atoms with van der Waals surface area (Å²) in [5.74, 6) is -0.373. The van der Waals surface area contributed by atoms with Crippen molar-refractivity contribution in [2.45, 2.75) is 0 Å². The summed E-state index contributed by atoms with van der Waals surface area (Å²) < 4.78 is 12.7. The molecular weight excluding hydrogens is 203 g/mol. The van der Waals surface area contributed by atoms with Crippen LogP contribution in [0.2, 0.25) is 5.02 Å². The van der Waals surface area contributed by atoms with Gasteiger partial charge in [0.15, 0.2) is 0 Å². The molecule has 0 atom stereocenters. The maximum absolute atomic E-state index is 12.7. The predicted octanol–water partition coefficient (Wildman–Crippen LogP) is 2.74. The number of rotatable bonds is 1. The van der Waals surface area contributed by atoms with Crippen LogP contribution in [-0.4, -0.2) is 9.97 Å². The summed E-state index contributed by atoms with van der Waals surface area (Å²) in [6.07, 6.45) is 5.73. The van der Waals surface area contributed by atoms with Crippen LogP contribution in [0.15, 0.2) is 30.6 Å². The average Bonchev–Trinajstić information content (AvgIpc) is 2.19. The van der Waals surface area contributed by atoms with Gasteiger partial charge < -0.3 is 0 Å². The Morgan fingerprint density at radius 1 is 1.29 bits per heavy atom. The molecule has 1 radical (unpaired) electrons. The summed E-state index contributed by atoms with van der Waals surface area (Å²) in [6, 6.07) is 4.11. The number of nitrogens with zero attached hydrogens (tertiary/aromatic N) is 2. The summed E-state index contributed by atoms with van der Waals surface area (Å²) in [5, 5.41) is 0.307. The fraction of sp³-hybridized carbons (Fsp3) is 0. The normalized spacial score (nSPS) is 10.1. The lowest BCUT2D eigenvalue weighted by atomic mass is 10.1. The van der Waals surface area contributed by atoms with Crippen molar-refractivity contribution >= 4 is 11.6 Å². The lowest BCUT2D eigenvalue weighted by Crippen LogP contribution is -1.86. The smallest absolute Gasteiger partial charge is 0.124 e. The van der Waals surface area contributed by atoms with Gasteiger partial charge in [-0.2, -0.15) is 0 Å². The summed E-state index contributed by atoms with van der Waals surface area (Å²) >= 11 is 5.84. The summed E-state index contributed by atoms with van der Waals surface area (Å²) in [7, 11) is 0. The molecule has 2 nitrogen and oxygen atoms in total. The number of hydrogen-bond donors (Lipinski definition) is 0. The molecule has 0 amide bonds. The predicted molar refractivity (Wildman–Crippen MR) is 51.3 cm³/mol. The first-order valence-electron chi connectivity index (χ1n) is 3.91. The maximum Gasteiger partial charge on any atom is 0.124 e. The van der Waals surface area contributed by atoms with Gasteiger partial charge in [-0.3, -0.25) is 9.97 Å². The Hall–Kier alpha value is -1.48. The Bertz CT molecular complexity index is 445. The van der Waals surface area contributed by atoms with Crippen LogP contribution in [-0.2, 0) is 0 Å². The Morgan fingerprint density at radius 2 is 2.14 bits per heavy atom. The lowest BCUT2D eigenvalue weighted by molar-refractivity contribution is 0.628. The molecule has 0 N–H and O–H groups in total. The van der Waals surface area contributed by atoms with E-state index in [1.54, 1.807) is 6.07 Å². The minimum Gasteiger partial charge on any atom is -0.252 e. The fourth-order valence-corrected chi connectivity index (χ4v) is 1.34. The van der Waals surface area contributed by atoms with Gasteiger partial charge >= 0.3 is 0 Å². The van der Waals surface area contributed by atoms with Crippen molar-refractivity contribution < 1.29 is 4.39 Å². The molecule has 1 heterocycles. The minimum absolute atomic E-state index is 0.307. The third kappa shape index (κ3) is 1.72. The van der Waals surface area contributed by atoms with E-state index >= 15 is 0 Å². The molecular formula is C10H5ClFN2. The van der Waals surface area contributed by atoms with Crippen LogP contribution in [0.4, 0.5) is 4.39 Å². The SMILES string of the molecule is Fc1ccc(-c2[c]nccn2)c(Cl)c1. The van der Waals surface area contributed by atoms with Crippen molar-refractivity contribution in [3.63, 3.8) is 0 Å². The molecule has 69 valence electrons. The van der Waals surface area contributed by atoms with E-state index in [0.29, 0.717) is 16.3 Å². The zero-order valence-electron chi connectivity index (χ0n) is 7.04. The van der Waals surface area contributed by atoms with Crippen LogP contribution in [0.1, 0.15) is 0 Å². The van der Waals surface area contributed by atoms with Gasteiger partial charge in [-0.05, 0) is 18.2 Å². The van der Waals surface area contributed by atoms with E-state index < -0.39 is 0 Å². The van der Waals surface area contributed by atoms with Crippen molar-refractivity contribution in [3.8, 4) is 11.3 Å². The molecule has 2 aromatic rings. The highest BCUT2D eigenvalue weighted by Crippen LogP contribution is 2.25. The molecule has 4 heteroatoms. The van der Waals surface area contributed by atoms with Gasteiger partial charge in [0.1, 0.15) is 12.0 Å². The monoisotopic (exact) mass is 207 g/mol. The third-order valence-corrected chi connectivity index (χ3v) is 2.01. The van der Waals surface area contributed by atoms with Gasteiger partial charge in [-0.15, -0.1) is 0 Å². The summed E-state index contributed by atoms with van der Waals surface area (Å²) in [4.78, 5) is 7.80. The van der Waals surface area contributed by atoms with Crippen LogP contribution in [0.5, 0.6) is 0 Å². The van der Waals surface area contributed by atoms with Gasteiger partial charge in [0.05, 0.1) is 10.7 Å². The van der Waals surface area contributed by atoms with E-state index in [0.717, 1.165) is 0 Å². The second-order valence-electron chi connectivity index (χ2n) is 2.64. The third-order valence-electron chi connectivity index (χ3n) is 1.70. The standard InChI is InChI=1S/C10H5ClFN2/c11-9-5-7(12)1-2-8(9)10-6-13-3-4-14-10/h1-5H. The van der Waals surface area contributed by atoms with Gasteiger partial charge in [-0.1, -0.05) is 11.6 Å². The van der Waals surface area contributed by atoms with E-state index in [9.17, 15) is 4.39 Å². The van der Waals surface area contributed by atoms with Gasteiger partial charge in [-0.25, -0.2) is 4.39 Å². The highest BCUT2D eigenvalue weighted by Gasteiger charge is 2.05. The number of hydrogen-bond acceptors (Lipinski definition) is 2. The second-order valence-corrected chi connectivity index (χ2v) is 3.05. The van der Waals surface area contributed by atoms with E-state index in [1.807, 2.05) is 0 Å². The van der Waals surface area contributed by atoms with E-state index in [4.69, 9.17) is 11.6 Å². The molecule has 2 rings (SSSR count). The van der Waals surface area contributed by atoms with E-state index in [1.165, 1.54) is 24.5 Å². The molecule has 0 spiro atoms. The topological polar surface area (TPSA) is 25.8 Å². The van der Waals surface area contributed by atoms with Gasteiger partial charge in [0.2, 0.25) is 0 Å². The van der Waals surface area contributed by atoms with Crippen molar-refractivity contribution in [2.75, 3.05) is 0 Å². The van der Waals surface area contributed by atoms with Gasteiger partial charge in [0, 0.05) is 18.0 Å². The Morgan fingerprint density at radius 3 is 2.79 bits per heavy atom. The Kier molecular flexibility index (Phi) is 2.41. The van der Waals surface area contributed by atoms with Crippen molar-refractivity contribution in [2.24, 2.45) is 0 Å². The second kappa shape index (κ2) is 3.72. The molecule has 0 aliphatic heterocycles. The molecule has 0 saturated heterocycles. The van der Waals surface area contributed by atoms with Crippen LogP contribution >= 0.6 is 11.6 Å². The maximum atomic E-state index is 12.7. The number of halogens is 2. The molecule has 0 bridgehead atoms. The molecule has 0 aliphatic carbocycles. The average molecular weight is 208 g/mol. The summed E-state index contributed by atoms with van der Waals surface area (Å²) in [5.41, 5.74) is 1.14. The highest BCUT2D eigenvalue weighted by atomic mass is 35.5. The Labute approximate surface area is 85.4 Å². The first-order chi connectivity index (χ1) is 6.77. The number of benzene rings is 1. The van der Waals surface area contributed by atoms with E-state index in [2.05, 4.69) is 16.2 Å². The van der Waals surface area contributed by atoms with Crippen LogP contribution < -0.4 is 0 Å². The van der Waals surface area contributed by atoms with Crippen molar-refractivity contribution in [1.82, 2.24) is 9.97 Å². The first-order valence-corrected chi connectivity index (χ1v) is 4.29. The fourth-order valence-electron chi connectivity index (χ4n) is 1.08. The van der Waals surface area contributed by atoms with Gasteiger partial charge in [0.25, 0.3) is 0 Å².